The highest BCUT2D eigenvalue weighted by molar-refractivity contribution is 6.39. The van der Waals surface area contributed by atoms with E-state index in [4.69, 9.17) is 0 Å². The smallest absolute Gasteiger partial charge is 0.313 e. The quantitative estimate of drug-likeness (QED) is 0.722. The molecule has 3 N–H and O–H groups in total. The number of hydrogen-bond donors (Lipinski definition) is 3. The molecule has 0 fully saturated rings. The highest BCUT2D eigenvalue weighted by Crippen LogP contribution is 2.17. The van der Waals surface area contributed by atoms with Crippen LogP contribution in [0.2, 0.25) is 0 Å². The van der Waals surface area contributed by atoms with E-state index in [0.29, 0.717) is 0 Å². The minimum absolute atomic E-state index is 0.00337. The zero-order valence-electron chi connectivity index (χ0n) is 12.4. The van der Waals surface area contributed by atoms with Crippen molar-refractivity contribution in [2.24, 2.45) is 5.92 Å². The van der Waals surface area contributed by atoms with Crippen LogP contribution in [-0.4, -0.2) is 29.6 Å². The molecule has 6 heteroatoms. The van der Waals surface area contributed by atoms with Gasteiger partial charge in [-0.25, -0.2) is 4.39 Å². The first kappa shape index (κ1) is 17.1. The number of carbonyl (C=O) groups is 2. The molecular weight excluding hydrogens is 275 g/mol. The van der Waals surface area contributed by atoms with E-state index in [1.54, 1.807) is 0 Å². The topological polar surface area (TPSA) is 78.4 Å². The Morgan fingerprint density at radius 2 is 2.00 bits per heavy atom. The predicted molar refractivity (Wildman–Crippen MR) is 78.2 cm³/mol. The number of anilines is 1. The second kappa shape index (κ2) is 7.73. The van der Waals surface area contributed by atoms with Crippen molar-refractivity contribution in [1.29, 1.82) is 0 Å². The van der Waals surface area contributed by atoms with Crippen molar-refractivity contribution >= 4 is 17.5 Å². The Bertz CT molecular complexity index is 520. The maximum atomic E-state index is 13.3. The van der Waals surface area contributed by atoms with E-state index in [1.165, 1.54) is 25.1 Å². The van der Waals surface area contributed by atoms with Crippen LogP contribution in [0.25, 0.3) is 0 Å². The summed E-state index contributed by atoms with van der Waals surface area (Å²) in [5.41, 5.74) is 0.510. The normalized spacial score (nSPS) is 13.4. The number of nitrogens with one attached hydrogen (secondary N) is 2. The van der Waals surface area contributed by atoms with Crippen molar-refractivity contribution in [1.82, 2.24) is 5.32 Å². The molecule has 0 heterocycles. The van der Waals surface area contributed by atoms with E-state index in [9.17, 15) is 19.1 Å². The molecule has 0 radical (unpaired) electrons. The van der Waals surface area contributed by atoms with Crippen LogP contribution in [0.3, 0.4) is 0 Å². The molecule has 0 saturated carbocycles. The molecule has 116 valence electrons. The average molecular weight is 296 g/mol. The molecule has 2 unspecified atom stereocenters. The van der Waals surface area contributed by atoms with Gasteiger partial charge in [0.05, 0.1) is 6.10 Å². The van der Waals surface area contributed by atoms with Crippen molar-refractivity contribution in [3.8, 4) is 0 Å². The maximum Gasteiger partial charge on any atom is 0.313 e. The lowest BCUT2D eigenvalue weighted by Crippen LogP contribution is -2.41. The highest BCUT2D eigenvalue weighted by atomic mass is 19.1. The van der Waals surface area contributed by atoms with Crippen LogP contribution < -0.4 is 10.6 Å². The molecule has 0 spiro atoms. The SMILES string of the molecule is CCC(C)C(O)CNC(=O)C(=O)Nc1cccc(F)c1C. The summed E-state index contributed by atoms with van der Waals surface area (Å²) in [7, 11) is 0. The van der Waals surface area contributed by atoms with Gasteiger partial charge < -0.3 is 15.7 Å². The number of aliphatic hydroxyl groups excluding tert-OH is 1. The Hall–Kier alpha value is -1.95. The fraction of sp³-hybridized carbons (Fsp3) is 0.467. The predicted octanol–water partition coefficient (Wildman–Crippen LogP) is 1.60. The first-order valence-corrected chi connectivity index (χ1v) is 6.89. The largest absolute Gasteiger partial charge is 0.391 e. The highest BCUT2D eigenvalue weighted by Gasteiger charge is 2.18. The van der Waals surface area contributed by atoms with Gasteiger partial charge in [0.15, 0.2) is 0 Å². The van der Waals surface area contributed by atoms with E-state index in [0.717, 1.165) is 6.42 Å². The average Bonchev–Trinajstić information content (AvgIpc) is 2.47. The van der Waals surface area contributed by atoms with Gasteiger partial charge in [-0.05, 0) is 25.0 Å². The van der Waals surface area contributed by atoms with Gasteiger partial charge in [0.2, 0.25) is 0 Å². The number of aliphatic hydroxyl groups is 1. The summed E-state index contributed by atoms with van der Waals surface area (Å²) < 4.78 is 13.3. The standard InChI is InChI=1S/C15H21FN2O3/c1-4-9(2)13(19)8-17-14(20)15(21)18-12-7-5-6-11(16)10(12)3/h5-7,9,13,19H,4,8H2,1-3H3,(H,17,20)(H,18,21). The lowest BCUT2D eigenvalue weighted by atomic mass is 10.0. The van der Waals surface area contributed by atoms with Crippen LogP contribution in [0.15, 0.2) is 18.2 Å². The maximum absolute atomic E-state index is 13.3. The monoisotopic (exact) mass is 296 g/mol. The summed E-state index contributed by atoms with van der Waals surface area (Å²) in [6.45, 7) is 5.29. The minimum atomic E-state index is -0.889. The number of carbonyl (C=O) groups excluding carboxylic acids is 2. The van der Waals surface area contributed by atoms with Crippen LogP contribution in [0, 0.1) is 18.7 Å². The molecule has 1 aromatic rings. The fourth-order valence-electron chi connectivity index (χ4n) is 1.67. The first-order valence-electron chi connectivity index (χ1n) is 6.89. The molecule has 0 aliphatic rings. The third kappa shape index (κ3) is 4.82. The lowest BCUT2D eigenvalue weighted by Gasteiger charge is -2.17. The summed E-state index contributed by atoms with van der Waals surface area (Å²) in [5, 5.41) is 14.4. The molecule has 0 aliphatic carbocycles. The molecule has 21 heavy (non-hydrogen) atoms. The van der Waals surface area contributed by atoms with Gasteiger partial charge in [-0.2, -0.15) is 0 Å². The molecule has 1 rings (SSSR count). The number of hydrogen-bond acceptors (Lipinski definition) is 3. The molecule has 2 amide bonds. The van der Waals surface area contributed by atoms with E-state index in [1.807, 2.05) is 13.8 Å². The van der Waals surface area contributed by atoms with E-state index in [-0.39, 0.29) is 23.7 Å². The van der Waals surface area contributed by atoms with Crippen LogP contribution in [0.1, 0.15) is 25.8 Å². The number of benzene rings is 1. The van der Waals surface area contributed by atoms with Gasteiger partial charge in [-0.3, -0.25) is 9.59 Å². The van der Waals surface area contributed by atoms with Crippen molar-refractivity contribution in [2.45, 2.75) is 33.3 Å². The molecular formula is C15H21FN2O3. The van der Waals surface area contributed by atoms with Crippen molar-refractivity contribution in [3.05, 3.63) is 29.6 Å². The Morgan fingerprint density at radius 1 is 1.33 bits per heavy atom. The third-order valence-corrected chi connectivity index (χ3v) is 3.49. The van der Waals surface area contributed by atoms with Crippen LogP contribution in [0.4, 0.5) is 10.1 Å². The summed E-state index contributed by atoms with van der Waals surface area (Å²) >= 11 is 0. The van der Waals surface area contributed by atoms with Crippen LogP contribution in [-0.2, 0) is 9.59 Å². The summed E-state index contributed by atoms with van der Waals surface area (Å²) in [6, 6.07) is 4.23. The second-order valence-corrected chi connectivity index (χ2v) is 5.03. The Balaban J connectivity index is 2.56. The Labute approximate surface area is 123 Å². The summed E-state index contributed by atoms with van der Waals surface area (Å²) in [6.07, 6.45) is 0.0637. The zero-order chi connectivity index (χ0) is 16.0. The lowest BCUT2D eigenvalue weighted by molar-refractivity contribution is -0.136. The number of amides is 2. The number of halogens is 1. The molecule has 0 aromatic heterocycles. The third-order valence-electron chi connectivity index (χ3n) is 3.49. The molecule has 0 aliphatic heterocycles. The van der Waals surface area contributed by atoms with Crippen molar-refractivity contribution in [2.75, 3.05) is 11.9 Å². The molecule has 2 atom stereocenters. The van der Waals surface area contributed by atoms with E-state index < -0.39 is 23.7 Å². The summed E-state index contributed by atoms with van der Waals surface area (Å²) in [5.74, 6) is -2.18. The minimum Gasteiger partial charge on any atom is -0.391 e. The fourth-order valence-corrected chi connectivity index (χ4v) is 1.67. The summed E-state index contributed by atoms with van der Waals surface area (Å²) in [4.78, 5) is 23.3. The van der Waals surface area contributed by atoms with E-state index in [2.05, 4.69) is 10.6 Å². The number of rotatable bonds is 5. The first-order chi connectivity index (χ1) is 9.86. The van der Waals surface area contributed by atoms with Crippen LogP contribution >= 0.6 is 0 Å². The van der Waals surface area contributed by atoms with Gasteiger partial charge >= 0.3 is 11.8 Å². The molecule has 1 aromatic carbocycles. The van der Waals surface area contributed by atoms with Crippen molar-refractivity contribution < 1.29 is 19.1 Å². The zero-order valence-corrected chi connectivity index (χ0v) is 12.4. The van der Waals surface area contributed by atoms with Gasteiger partial charge in [-0.1, -0.05) is 26.3 Å². The van der Waals surface area contributed by atoms with Crippen LogP contribution in [0.5, 0.6) is 0 Å². The second-order valence-electron chi connectivity index (χ2n) is 5.03. The van der Waals surface area contributed by atoms with Gasteiger partial charge in [0.1, 0.15) is 5.82 Å². The molecule has 5 nitrogen and oxygen atoms in total. The molecule has 0 saturated heterocycles. The van der Waals surface area contributed by atoms with Gasteiger partial charge in [-0.15, -0.1) is 0 Å². The van der Waals surface area contributed by atoms with Gasteiger partial charge in [0, 0.05) is 17.8 Å². The Morgan fingerprint density at radius 3 is 2.62 bits per heavy atom. The van der Waals surface area contributed by atoms with Crippen molar-refractivity contribution in [3.63, 3.8) is 0 Å². The van der Waals surface area contributed by atoms with E-state index >= 15 is 0 Å². The molecule has 0 bridgehead atoms. The Kier molecular flexibility index (Phi) is 6.30. The van der Waals surface area contributed by atoms with Gasteiger partial charge in [0.25, 0.3) is 0 Å².